The summed E-state index contributed by atoms with van der Waals surface area (Å²) >= 11 is 6.43. The van der Waals surface area contributed by atoms with E-state index >= 15 is 0 Å². The van der Waals surface area contributed by atoms with Gasteiger partial charge in [-0.05, 0) is 50.9 Å². The Bertz CT molecular complexity index is 242. The molecule has 1 atom stereocenters. The van der Waals surface area contributed by atoms with E-state index in [1.165, 1.54) is 0 Å². The van der Waals surface area contributed by atoms with Crippen molar-refractivity contribution in [1.82, 2.24) is 0 Å². The van der Waals surface area contributed by atoms with Gasteiger partial charge < -0.3 is 15.3 Å². The molecule has 3 nitrogen and oxygen atoms in total. The Hall–Kier alpha value is 0.160. The molecular formula is C7H9Br2NO2. The molecule has 0 saturated carbocycles. The zero-order valence-corrected chi connectivity index (χ0v) is 9.43. The van der Waals surface area contributed by atoms with Crippen molar-refractivity contribution in [1.29, 1.82) is 0 Å². The second-order valence-electron chi connectivity index (χ2n) is 2.36. The minimum absolute atomic E-state index is 0.442. The molecule has 0 fully saturated rings. The Morgan fingerprint density at radius 3 is 2.67 bits per heavy atom. The fourth-order valence-electron chi connectivity index (χ4n) is 0.828. The largest absolute Gasteiger partial charge is 0.450 e. The molecule has 1 aromatic heterocycles. The molecule has 0 saturated heterocycles. The molecule has 0 aliphatic rings. The second-order valence-corrected chi connectivity index (χ2v) is 3.94. The van der Waals surface area contributed by atoms with Gasteiger partial charge in [0.15, 0.2) is 4.67 Å². The summed E-state index contributed by atoms with van der Waals surface area (Å²) in [5.74, 6) is 0.527. The highest BCUT2D eigenvalue weighted by Gasteiger charge is 2.13. The lowest BCUT2D eigenvalue weighted by molar-refractivity contribution is 0.141. The van der Waals surface area contributed by atoms with E-state index in [-0.39, 0.29) is 0 Å². The summed E-state index contributed by atoms with van der Waals surface area (Å²) in [7, 11) is 0. The van der Waals surface area contributed by atoms with Gasteiger partial charge in [0.25, 0.3) is 0 Å². The zero-order valence-electron chi connectivity index (χ0n) is 6.26. The highest BCUT2D eigenvalue weighted by Crippen LogP contribution is 2.30. The fourth-order valence-corrected chi connectivity index (χ4v) is 1.44. The standard InChI is InChI=1S/C7H9Br2NO2/c8-4-3-6(12-7(4)9)5(11)1-2-10/h3,5,11H,1-2,10H2. The van der Waals surface area contributed by atoms with Gasteiger partial charge in [-0.25, -0.2) is 0 Å². The molecule has 5 heteroatoms. The average molecular weight is 299 g/mol. The zero-order chi connectivity index (χ0) is 9.14. The summed E-state index contributed by atoms with van der Waals surface area (Å²) in [5, 5.41) is 9.44. The third-order valence-corrected chi connectivity index (χ3v) is 3.14. The van der Waals surface area contributed by atoms with Crippen LogP contribution in [0.4, 0.5) is 0 Å². The van der Waals surface area contributed by atoms with E-state index < -0.39 is 6.10 Å². The van der Waals surface area contributed by atoms with Crippen LogP contribution in [0.5, 0.6) is 0 Å². The molecule has 0 bridgehead atoms. The number of aliphatic hydroxyl groups excluding tert-OH is 1. The van der Waals surface area contributed by atoms with Crippen molar-refractivity contribution in [2.75, 3.05) is 6.54 Å². The van der Waals surface area contributed by atoms with E-state index in [1.54, 1.807) is 6.07 Å². The third-order valence-electron chi connectivity index (χ3n) is 1.43. The van der Waals surface area contributed by atoms with Crippen molar-refractivity contribution in [3.8, 4) is 0 Å². The van der Waals surface area contributed by atoms with E-state index in [2.05, 4.69) is 31.9 Å². The first-order valence-corrected chi connectivity index (χ1v) is 5.06. The smallest absolute Gasteiger partial charge is 0.183 e. The predicted molar refractivity (Wildman–Crippen MR) is 52.7 cm³/mol. The van der Waals surface area contributed by atoms with Crippen LogP contribution in [0.25, 0.3) is 0 Å². The topological polar surface area (TPSA) is 59.4 Å². The van der Waals surface area contributed by atoms with Crippen LogP contribution in [-0.2, 0) is 0 Å². The van der Waals surface area contributed by atoms with Gasteiger partial charge in [0.05, 0.1) is 4.47 Å². The summed E-state index contributed by atoms with van der Waals surface area (Å²) in [6, 6.07) is 1.73. The lowest BCUT2D eigenvalue weighted by Gasteiger charge is -2.03. The van der Waals surface area contributed by atoms with Crippen molar-refractivity contribution in [3.63, 3.8) is 0 Å². The minimum atomic E-state index is -0.613. The lowest BCUT2D eigenvalue weighted by Crippen LogP contribution is -2.05. The van der Waals surface area contributed by atoms with Gasteiger partial charge >= 0.3 is 0 Å². The molecular weight excluding hydrogens is 290 g/mol. The second kappa shape index (κ2) is 4.41. The summed E-state index contributed by atoms with van der Waals surface area (Å²) in [6.45, 7) is 0.442. The first kappa shape index (κ1) is 10.2. The first-order chi connectivity index (χ1) is 5.65. The number of rotatable bonds is 3. The van der Waals surface area contributed by atoms with Crippen molar-refractivity contribution < 1.29 is 9.52 Å². The summed E-state index contributed by atoms with van der Waals surface area (Å²) in [5.41, 5.74) is 5.29. The number of hydrogen-bond acceptors (Lipinski definition) is 3. The van der Waals surface area contributed by atoms with Crippen LogP contribution in [0.2, 0.25) is 0 Å². The quantitative estimate of drug-likeness (QED) is 0.899. The highest BCUT2D eigenvalue weighted by molar-refractivity contribution is 9.13. The summed E-state index contributed by atoms with van der Waals surface area (Å²) in [6.07, 6.45) is -0.107. The highest BCUT2D eigenvalue weighted by atomic mass is 79.9. The Labute approximate surface area is 87.2 Å². The summed E-state index contributed by atoms with van der Waals surface area (Å²) < 4.78 is 6.58. The monoisotopic (exact) mass is 297 g/mol. The van der Waals surface area contributed by atoms with E-state index in [0.717, 1.165) is 4.47 Å². The fraction of sp³-hybridized carbons (Fsp3) is 0.429. The van der Waals surface area contributed by atoms with E-state index in [9.17, 15) is 5.11 Å². The molecule has 68 valence electrons. The van der Waals surface area contributed by atoms with E-state index in [0.29, 0.717) is 23.4 Å². The van der Waals surface area contributed by atoms with Crippen molar-refractivity contribution >= 4 is 31.9 Å². The van der Waals surface area contributed by atoms with Gasteiger partial charge in [0, 0.05) is 0 Å². The number of hydrogen-bond donors (Lipinski definition) is 2. The molecule has 3 N–H and O–H groups in total. The van der Waals surface area contributed by atoms with Crippen LogP contribution in [0.3, 0.4) is 0 Å². The van der Waals surface area contributed by atoms with Crippen LogP contribution < -0.4 is 5.73 Å². The number of furan rings is 1. The van der Waals surface area contributed by atoms with Crippen LogP contribution in [0.1, 0.15) is 18.3 Å². The van der Waals surface area contributed by atoms with Gasteiger partial charge in [-0.15, -0.1) is 0 Å². The predicted octanol–water partition coefficient (Wildman–Crippen LogP) is 2.19. The summed E-state index contributed by atoms with van der Waals surface area (Å²) in [4.78, 5) is 0. The van der Waals surface area contributed by atoms with Crippen molar-refractivity contribution in [2.24, 2.45) is 5.73 Å². The molecule has 0 aromatic carbocycles. The minimum Gasteiger partial charge on any atom is -0.450 e. The van der Waals surface area contributed by atoms with Crippen LogP contribution in [-0.4, -0.2) is 11.7 Å². The van der Waals surface area contributed by atoms with Gasteiger partial charge in [0.1, 0.15) is 11.9 Å². The van der Waals surface area contributed by atoms with Gasteiger partial charge in [-0.2, -0.15) is 0 Å². The van der Waals surface area contributed by atoms with Crippen LogP contribution in [0, 0.1) is 0 Å². The van der Waals surface area contributed by atoms with Crippen molar-refractivity contribution in [2.45, 2.75) is 12.5 Å². The molecule has 1 unspecified atom stereocenters. The molecule has 12 heavy (non-hydrogen) atoms. The van der Waals surface area contributed by atoms with E-state index in [1.807, 2.05) is 0 Å². The Morgan fingerprint density at radius 1 is 1.58 bits per heavy atom. The molecule has 1 aromatic rings. The van der Waals surface area contributed by atoms with Crippen molar-refractivity contribution in [3.05, 3.63) is 21.0 Å². The molecule has 1 rings (SSSR count). The maximum atomic E-state index is 9.44. The number of halogens is 2. The van der Waals surface area contributed by atoms with Gasteiger partial charge in [-0.3, -0.25) is 0 Å². The number of aliphatic hydroxyl groups is 1. The van der Waals surface area contributed by atoms with Crippen LogP contribution in [0.15, 0.2) is 19.6 Å². The normalized spacial score (nSPS) is 13.3. The maximum Gasteiger partial charge on any atom is 0.183 e. The third kappa shape index (κ3) is 2.32. The molecule has 0 radical (unpaired) electrons. The van der Waals surface area contributed by atoms with E-state index in [4.69, 9.17) is 10.2 Å². The Balaban J connectivity index is 2.74. The molecule has 0 spiro atoms. The Morgan fingerprint density at radius 2 is 2.25 bits per heavy atom. The molecule has 0 amide bonds. The number of nitrogens with two attached hydrogens (primary N) is 1. The SMILES string of the molecule is NCCC(O)c1cc(Br)c(Br)o1. The van der Waals surface area contributed by atoms with Gasteiger partial charge in [0.2, 0.25) is 0 Å². The Kier molecular flexibility index (Phi) is 3.77. The molecule has 0 aliphatic carbocycles. The lowest BCUT2D eigenvalue weighted by atomic mass is 10.2. The van der Waals surface area contributed by atoms with Gasteiger partial charge in [-0.1, -0.05) is 0 Å². The average Bonchev–Trinajstić information content (AvgIpc) is 2.33. The van der Waals surface area contributed by atoms with Crippen LogP contribution >= 0.6 is 31.9 Å². The maximum absolute atomic E-state index is 9.44. The molecule has 0 aliphatic heterocycles. The molecule has 1 heterocycles. The first-order valence-electron chi connectivity index (χ1n) is 3.48.